The first-order valence-electron chi connectivity index (χ1n) is 17.8. The number of rotatable bonds is 2. The van der Waals surface area contributed by atoms with Crippen molar-refractivity contribution in [3.8, 4) is 22.3 Å². The average Bonchev–Trinajstić information content (AvgIpc) is 3.78. The Hall–Kier alpha value is -6.06. The number of hydrogen-bond acceptors (Lipinski definition) is 2. The molecular weight excluding hydrogens is 665 g/mol. The fourth-order valence-corrected chi connectivity index (χ4v) is 11.1. The van der Waals surface area contributed by atoms with Crippen molar-refractivity contribution in [3.63, 3.8) is 0 Å². The molecule has 52 heavy (non-hydrogen) atoms. The quantitative estimate of drug-likeness (QED) is 0.158. The molecule has 0 unspecified atom stereocenters. The van der Waals surface area contributed by atoms with Crippen molar-refractivity contribution in [1.82, 2.24) is 0 Å². The Morgan fingerprint density at radius 1 is 0.212 bits per heavy atom. The molecule has 12 rings (SSSR count). The lowest BCUT2D eigenvalue weighted by atomic mass is 9.85. The van der Waals surface area contributed by atoms with Crippen molar-refractivity contribution in [2.24, 2.45) is 0 Å². The molecule has 0 spiro atoms. The molecule has 0 aliphatic heterocycles. The molecule has 0 bridgehead atoms. The summed E-state index contributed by atoms with van der Waals surface area (Å²) in [5, 5.41) is 18.4. The second-order valence-electron chi connectivity index (χ2n) is 14.0. The summed E-state index contributed by atoms with van der Waals surface area (Å²) < 4.78 is 5.36. The monoisotopic (exact) mass is 692 g/mol. The molecule has 10 aromatic carbocycles. The number of benzene rings is 10. The summed E-state index contributed by atoms with van der Waals surface area (Å²) in [4.78, 5) is 0. The van der Waals surface area contributed by atoms with Gasteiger partial charge in [-0.2, -0.15) is 0 Å². The van der Waals surface area contributed by atoms with Gasteiger partial charge in [0.2, 0.25) is 0 Å². The zero-order valence-corrected chi connectivity index (χ0v) is 29.6. The summed E-state index contributed by atoms with van der Waals surface area (Å²) in [6, 6.07) is 63.8. The number of thiophene rings is 2. The summed E-state index contributed by atoms with van der Waals surface area (Å²) in [5.41, 5.74) is 5.02. The van der Waals surface area contributed by atoms with E-state index < -0.39 is 0 Å². The van der Waals surface area contributed by atoms with Crippen LogP contribution in [-0.2, 0) is 0 Å². The predicted octanol–water partition coefficient (Wildman–Crippen LogP) is 15.5. The lowest BCUT2D eigenvalue weighted by Gasteiger charge is -2.18. The molecule has 0 N–H and O–H groups in total. The molecular formula is C50H28S2. The van der Waals surface area contributed by atoms with Gasteiger partial charge in [0.05, 0.1) is 0 Å². The molecule has 0 nitrogen and oxygen atoms in total. The molecule has 0 atom stereocenters. The maximum absolute atomic E-state index is 2.43. The molecule has 0 saturated heterocycles. The third kappa shape index (κ3) is 4.02. The Balaban J connectivity index is 1.11. The highest BCUT2D eigenvalue weighted by Crippen LogP contribution is 2.46. The van der Waals surface area contributed by atoms with Crippen LogP contribution in [0.3, 0.4) is 0 Å². The van der Waals surface area contributed by atoms with E-state index in [9.17, 15) is 0 Å². The molecule has 0 aliphatic rings. The van der Waals surface area contributed by atoms with Gasteiger partial charge in [-0.25, -0.2) is 0 Å². The molecule has 240 valence electrons. The summed E-state index contributed by atoms with van der Waals surface area (Å²) in [5.74, 6) is 0. The highest BCUT2D eigenvalue weighted by molar-refractivity contribution is 7.26. The summed E-state index contributed by atoms with van der Waals surface area (Å²) in [6.07, 6.45) is 0. The van der Waals surface area contributed by atoms with Gasteiger partial charge in [-0.15, -0.1) is 22.7 Å². The van der Waals surface area contributed by atoms with Crippen molar-refractivity contribution in [3.05, 3.63) is 170 Å². The van der Waals surface area contributed by atoms with Crippen molar-refractivity contribution in [2.45, 2.75) is 0 Å². The largest absolute Gasteiger partial charge is 0.135 e. The standard InChI is InChI=1S/C50H28S2/c1-3-13-39-33(9-1)43-25-29(31-17-21-37-35-11-5-7-15-45(35)51-47(37)27-31)19-23-41(43)50-40-14-4-2-10-34(40)44-26-30(20-24-42(44)49(39)50)32-18-22-38-36-12-6-8-16-46(36)52-48(38)28-32/h1-28H. The van der Waals surface area contributed by atoms with Crippen molar-refractivity contribution in [2.75, 3.05) is 0 Å². The normalized spacial score (nSPS) is 12.2. The highest BCUT2D eigenvalue weighted by atomic mass is 32.1. The molecule has 2 heteroatoms. The van der Waals surface area contributed by atoms with Gasteiger partial charge in [0.15, 0.2) is 0 Å². The van der Waals surface area contributed by atoms with Crippen LogP contribution in [0.4, 0.5) is 0 Å². The maximum Gasteiger partial charge on any atom is 0.0361 e. The van der Waals surface area contributed by atoms with Crippen LogP contribution in [0.25, 0.3) is 116 Å². The van der Waals surface area contributed by atoms with Crippen LogP contribution in [-0.4, -0.2) is 0 Å². The van der Waals surface area contributed by atoms with Gasteiger partial charge in [-0.3, -0.25) is 0 Å². The van der Waals surface area contributed by atoms with Crippen LogP contribution in [0.15, 0.2) is 170 Å². The Morgan fingerprint density at radius 3 is 0.962 bits per heavy atom. The third-order valence-corrected chi connectivity index (χ3v) is 13.5. The van der Waals surface area contributed by atoms with Crippen LogP contribution in [0, 0.1) is 0 Å². The van der Waals surface area contributed by atoms with E-state index in [2.05, 4.69) is 170 Å². The highest BCUT2D eigenvalue weighted by Gasteiger charge is 2.18. The first kappa shape index (κ1) is 28.6. The van der Waals surface area contributed by atoms with Gasteiger partial charge in [0.25, 0.3) is 0 Å². The van der Waals surface area contributed by atoms with Gasteiger partial charge in [-0.05, 0) is 113 Å². The molecule has 2 aromatic heterocycles. The smallest absolute Gasteiger partial charge is 0.0361 e. The number of fused-ring (bicyclic) bond motifs is 17. The van der Waals surface area contributed by atoms with Crippen LogP contribution < -0.4 is 0 Å². The Kier molecular flexibility index (Phi) is 5.90. The van der Waals surface area contributed by atoms with Gasteiger partial charge in [-0.1, -0.05) is 133 Å². The molecule has 0 amide bonds. The Morgan fingerprint density at radius 2 is 0.519 bits per heavy atom. The topological polar surface area (TPSA) is 0 Å². The minimum absolute atomic E-state index is 1.25. The Labute approximate surface area is 307 Å². The van der Waals surface area contributed by atoms with E-state index in [4.69, 9.17) is 0 Å². The average molecular weight is 693 g/mol. The van der Waals surface area contributed by atoms with Gasteiger partial charge >= 0.3 is 0 Å². The molecule has 2 heterocycles. The lowest BCUT2D eigenvalue weighted by Crippen LogP contribution is -1.90. The van der Waals surface area contributed by atoms with Gasteiger partial charge < -0.3 is 0 Å². The van der Waals surface area contributed by atoms with E-state index in [0.717, 1.165) is 0 Å². The first-order chi connectivity index (χ1) is 25.8. The zero-order valence-electron chi connectivity index (χ0n) is 28.0. The first-order valence-corrected chi connectivity index (χ1v) is 19.5. The van der Waals surface area contributed by atoms with E-state index in [-0.39, 0.29) is 0 Å². The second-order valence-corrected chi connectivity index (χ2v) is 16.1. The third-order valence-electron chi connectivity index (χ3n) is 11.2. The summed E-state index contributed by atoms with van der Waals surface area (Å²) >= 11 is 3.76. The Bertz CT molecular complexity index is 3240. The minimum atomic E-state index is 1.25. The molecule has 12 aromatic rings. The van der Waals surface area contributed by atoms with Crippen molar-refractivity contribution >= 4 is 117 Å². The lowest BCUT2D eigenvalue weighted by molar-refractivity contribution is 1.71. The molecule has 0 aliphatic carbocycles. The van der Waals surface area contributed by atoms with Crippen LogP contribution in [0.5, 0.6) is 0 Å². The van der Waals surface area contributed by atoms with E-state index in [1.807, 2.05) is 22.7 Å². The van der Waals surface area contributed by atoms with Crippen molar-refractivity contribution < 1.29 is 0 Å². The van der Waals surface area contributed by atoms with Crippen LogP contribution in [0.2, 0.25) is 0 Å². The molecule has 0 fully saturated rings. The summed E-state index contributed by atoms with van der Waals surface area (Å²) in [7, 11) is 0. The fourth-order valence-electron chi connectivity index (χ4n) is 8.84. The molecule has 0 saturated carbocycles. The van der Waals surface area contributed by atoms with E-state index in [0.29, 0.717) is 0 Å². The van der Waals surface area contributed by atoms with Gasteiger partial charge in [0, 0.05) is 40.3 Å². The fraction of sp³-hybridized carbons (Fsp3) is 0. The van der Waals surface area contributed by atoms with Gasteiger partial charge in [0.1, 0.15) is 0 Å². The summed E-state index contributed by atoms with van der Waals surface area (Å²) in [6.45, 7) is 0. The minimum Gasteiger partial charge on any atom is -0.135 e. The zero-order chi connectivity index (χ0) is 33.9. The van der Waals surface area contributed by atoms with Crippen LogP contribution >= 0.6 is 22.7 Å². The predicted molar refractivity (Wildman–Crippen MR) is 231 cm³/mol. The second kappa shape index (κ2) is 10.7. The SMILES string of the molecule is c1ccc2c(c1)sc1cc(-c3ccc4c(c3)c3ccccc3c3c5ccc(-c6ccc7c(c6)sc6ccccc67)cc5c5ccccc5c43)ccc12. The van der Waals surface area contributed by atoms with Crippen LogP contribution in [0.1, 0.15) is 0 Å². The van der Waals surface area contributed by atoms with E-state index in [1.165, 1.54) is 116 Å². The van der Waals surface area contributed by atoms with E-state index >= 15 is 0 Å². The van der Waals surface area contributed by atoms with E-state index in [1.54, 1.807) is 0 Å². The van der Waals surface area contributed by atoms with Crippen molar-refractivity contribution in [1.29, 1.82) is 0 Å². The maximum atomic E-state index is 2.43. The molecule has 0 radical (unpaired) electrons. The number of hydrogen-bond donors (Lipinski definition) is 0.